The number of hydrazone groups is 1. The molecule has 7 nitrogen and oxygen atoms in total. The minimum atomic E-state index is -0.747. The van der Waals surface area contributed by atoms with Crippen molar-refractivity contribution >= 4 is 23.2 Å². The summed E-state index contributed by atoms with van der Waals surface area (Å²) in [6.45, 7) is 6.26. The Morgan fingerprint density at radius 2 is 1.90 bits per heavy atom. The summed E-state index contributed by atoms with van der Waals surface area (Å²) in [5, 5.41) is 8.56. The molecule has 29 heavy (non-hydrogen) atoms. The van der Waals surface area contributed by atoms with E-state index in [0.717, 1.165) is 38.4 Å². The summed E-state index contributed by atoms with van der Waals surface area (Å²) in [5.41, 5.74) is 6.26. The molecule has 2 heterocycles. The maximum Gasteiger partial charge on any atom is 0.267 e. The molecular weight excluding hydrogens is 373 g/mol. The Balaban J connectivity index is 1.46. The molecule has 2 aliphatic rings. The van der Waals surface area contributed by atoms with Crippen molar-refractivity contribution in [1.82, 2.24) is 10.2 Å². The molecule has 2 amide bonds. The summed E-state index contributed by atoms with van der Waals surface area (Å²) >= 11 is 0. The van der Waals surface area contributed by atoms with Crippen molar-refractivity contribution < 1.29 is 14.0 Å². The van der Waals surface area contributed by atoms with E-state index in [2.05, 4.69) is 22.2 Å². The van der Waals surface area contributed by atoms with Crippen molar-refractivity contribution in [1.29, 1.82) is 0 Å². The van der Waals surface area contributed by atoms with Crippen LogP contribution in [0.1, 0.15) is 39.0 Å². The quantitative estimate of drug-likeness (QED) is 0.649. The molecular formula is C21H30FN5O2. The largest absolute Gasteiger partial charge is 0.368 e. The van der Waals surface area contributed by atoms with Gasteiger partial charge in [0, 0.05) is 13.0 Å². The highest BCUT2D eigenvalue weighted by Gasteiger charge is 2.34. The van der Waals surface area contributed by atoms with Crippen LogP contribution in [0.25, 0.3) is 0 Å². The number of nitrogens with one attached hydrogen (secondary N) is 1. The number of nitrogens with zero attached hydrogens (tertiary/aromatic N) is 3. The summed E-state index contributed by atoms with van der Waals surface area (Å²) < 4.78 is 13.2. The highest BCUT2D eigenvalue weighted by atomic mass is 19.1. The highest BCUT2D eigenvalue weighted by molar-refractivity contribution is 6.40. The van der Waals surface area contributed by atoms with E-state index >= 15 is 0 Å². The average molecular weight is 404 g/mol. The molecule has 0 radical (unpaired) electrons. The Morgan fingerprint density at radius 1 is 1.21 bits per heavy atom. The summed E-state index contributed by atoms with van der Waals surface area (Å²) in [5.74, 6) is -0.412. The second-order valence-corrected chi connectivity index (χ2v) is 7.98. The number of hydrogen-bond acceptors (Lipinski definition) is 5. The minimum Gasteiger partial charge on any atom is -0.368 e. The van der Waals surface area contributed by atoms with Gasteiger partial charge in [-0.3, -0.25) is 14.6 Å². The third-order valence-electron chi connectivity index (χ3n) is 5.65. The van der Waals surface area contributed by atoms with E-state index in [1.165, 1.54) is 42.1 Å². The van der Waals surface area contributed by atoms with Gasteiger partial charge in [-0.1, -0.05) is 6.92 Å². The molecule has 3 rings (SSSR count). The van der Waals surface area contributed by atoms with Crippen molar-refractivity contribution in [2.45, 2.75) is 45.1 Å². The fourth-order valence-corrected chi connectivity index (χ4v) is 3.75. The van der Waals surface area contributed by atoms with Crippen LogP contribution in [0.2, 0.25) is 0 Å². The number of amides is 2. The number of anilines is 1. The zero-order valence-electron chi connectivity index (χ0n) is 16.9. The normalized spacial score (nSPS) is 20.6. The van der Waals surface area contributed by atoms with Crippen LogP contribution in [0.3, 0.4) is 0 Å². The van der Waals surface area contributed by atoms with Crippen molar-refractivity contribution in [2.24, 2.45) is 16.8 Å². The van der Waals surface area contributed by atoms with Crippen LogP contribution in [0.15, 0.2) is 29.4 Å². The van der Waals surface area contributed by atoms with Crippen molar-refractivity contribution in [3.8, 4) is 0 Å². The van der Waals surface area contributed by atoms with Crippen LogP contribution in [0.4, 0.5) is 10.1 Å². The van der Waals surface area contributed by atoms with Gasteiger partial charge < -0.3 is 16.0 Å². The van der Waals surface area contributed by atoms with Crippen LogP contribution < -0.4 is 16.1 Å². The van der Waals surface area contributed by atoms with Gasteiger partial charge in [-0.2, -0.15) is 5.10 Å². The number of rotatable bonds is 8. The molecule has 158 valence electrons. The van der Waals surface area contributed by atoms with Crippen LogP contribution in [-0.2, 0) is 9.59 Å². The van der Waals surface area contributed by atoms with Gasteiger partial charge in [0.15, 0.2) is 0 Å². The molecule has 0 aliphatic carbocycles. The number of carbonyl (C=O) groups is 2. The molecule has 0 bridgehead atoms. The van der Waals surface area contributed by atoms with Gasteiger partial charge in [0.1, 0.15) is 17.6 Å². The van der Waals surface area contributed by atoms with Crippen molar-refractivity contribution in [2.75, 3.05) is 31.2 Å². The lowest BCUT2D eigenvalue weighted by molar-refractivity contribution is -0.119. The molecule has 8 heteroatoms. The molecule has 1 aromatic carbocycles. The second-order valence-electron chi connectivity index (χ2n) is 7.98. The van der Waals surface area contributed by atoms with E-state index in [1.54, 1.807) is 0 Å². The number of halogens is 1. The van der Waals surface area contributed by atoms with E-state index in [0.29, 0.717) is 12.2 Å². The zero-order valence-corrected chi connectivity index (χ0v) is 16.9. The Bertz CT molecular complexity index is 744. The predicted molar refractivity (Wildman–Crippen MR) is 111 cm³/mol. The van der Waals surface area contributed by atoms with Gasteiger partial charge in [-0.25, -0.2) is 4.39 Å². The molecule has 0 saturated carbocycles. The molecule has 3 N–H and O–H groups in total. The summed E-state index contributed by atoms with van der Waals surface area (Å²) in [7, 11) is 0. The van der Waals surface area contributed by atoms with Gasteiger partial charge in [-0.05, 0) is 75.5 Å². The fraction of sp³-hybridized carbons (Fsp3) is 0.571. The lowest BCUT2D eigenvalue weighted by Crippen LogP contribution is -2.40. The Kier molecular flexibility index (Phi) is 7.19. The SMILES string of the molecule is CC1CCN(CCCCNC(=O)C2=NN(c3ccc(F)cc3)C(C(N)=O)C2)CC1. The first kappa shape index (κ1) is 21.2. The third-order valence-corrected chi connectivity index (χ3v) is 5.65. The van der Waals surface area contributed by atoms with Gasteiger partial charge >= 0.3 is 0 Å². The smallest absolute Gasteiger partial charge is 0.267 e. The molecule has 1 fully saturated rings. The average Bonchev–Trinajstić information content (AvgIpc) is 3.15. The lowest BCUT2D eigenvalue weighted by atomic mass is 9.99. The van der Waals surface area contributed by atoms with E-state index in [4.69, 9.17) is 5.73 Å². The van der Waals surface area contributed by atoms with Crippen LogP contribution >= 0.6 is 0 Å². The van der Waals surface area contributed by atoms with Crippen LogP contribution in [0, 0.1) is 11.7 Å². The molecule has 2 aliphatic heterocycles. The summed E-state index contributed by atoms with van der Waals surface area (Å²) in [6.07, 6.45) is 4.60. The Labute approximate surface area is 171 Å². The number of primary amides is 1. The molecule has 1 saturated heterocycles. The van der Waals surface area contributed by atoms with E-state index < -0.39 is 11.9 Å². The number of likely N-dealkylation sites (tertiary alicyclic amines) is 1. The minimum absolute atomic E-state index is 0.143. The number of unbranched alkanes of at least 4 members (excludes halogenated alkanes) is 1. The monoisotopic (exact) mass is 403 g/mol. The van der Waals surface area contributed by atoms with E-state index in [1.807, 2.05) is 0 Å². The first-order chi connectivity index (χ1) is 13.9. The van der Waals surface area contributed by atoms with Crippen LogP contribution in [0.5, 0.6) is 0 Å². The van der Waals surface area contributed by atoms with Gasteiger partial charge in [0.2, 0.25) is 5.91 Å². The first-order valence-electron chi connectivity index (χ1n) is 10.4. The molecule has 1 unspecified atom stereocenters. The Morgan fingerprint density at radius 3 is 2.55 bits per heavy atom. The number of carbonyl (C=O) groups excluding carboxylic acids is 2. The molecule has 1 atom stereocenters. The highest BCUT2D eigenvalue weighted by Crippen LogP contribution is 2.25. The van der Waals surface area contributed by atoms with Gasteiger partial charge in [0.25, 0.3) is 5.91 Å². The maximum absolute atomic E-state index is 13.2. The molecule has 1 aromatic rings. The van der Waals surface area contributed by atoms with Gasteiger partial charge in [0.05, 0.1) is 5.69 Å². The number of nitrogens with two attached hydrogens (primary N) is 1. The summed E-state index contributed by atoms with van der Waals surface area (Å²) in [6, 6.07) is 4.84. The molecule has 0 aromatic heterocycles. The maximum atomic E-state index is 13.2. The van der Waals surface area contributed by atoms with E-state index in [-0.39, 0.29) is 23.9 Å². The van der Waals surface area contributed by atoms with Crippen molar-refractivity contribution in [3.63, 3.8) is 0 Å². The number of hydrogen-bond donors (Lipinski definition) is 2. The molecule has 0 spiro atoms. The number of piperidine rings is 1. The summed E-state index contributed by atoms with van der Waals surface area (Å²) in [4.78, 5) is 26.7. The zero-order chi connectivity index (χ0) is 20.8. The second kappa shape index (κ2) is 9.82. The van der Waals surface area contributed by atoms with Crippen LogP contribution in [-0.4, -0.2) is 54.6 Å². The standard InChI is InChI=1S/C21H30FN5O2/c1-15-8-12-26(13-9-15)11-3-2-10-24-21(29)18-14-19(20(23)28)27(25-18)17-6-4-16(22)5-7-17/h4-7,15,19H,2-3,8-14H2,1H3,(H2,23,28)(H,24,29). The van der Waals surface area contributed by atoms with Gasteiger partial charge in [-0.15, -0.1) is 0 Å². The predicted octanol–water partition coefficient (Wildman–Crippen LogP) is 1.87. The van der Waals surface area contributed by atoms with E-state index in [9.17, 15) is 14.0 Å². The number of benzene rings is 1. The topological polar surface area (TPSA) is 91.0 Å². The van der Waals surface area contributed by atoms with Crippen molar-refractivity contribution in [3.05, 3.63) is 30.1 Å². The lowest BCUT2D eigenvalue weighted by Gasteiger charge is -2.30. The third kappa shape index (κ3) is 5.76. The first-order valence-corrected chi connectivity index (χ1v) is 10.4. The Hall–Kier alpha value is -2.48. The fourth-order valence-electron chi connectivity index (χ4n) is 3.75.